The monoisotopic (exact) mass is 449 g/mol. The van der Waals surface area contributed by atoms with Crippen LogP contribution in [0.1, 0.15) is 11.3 Å². The second kappa shape index (κ2) is 7.63. The van der Waals surface area contributed by atoms with Gasteiger partial charge in [0.25, 0.3) is 6.43 Å². The molecule has 0 spiro atoms. The average molecular weight is 450 g/mol. The summed E-state index contributed by atoms with van der Waals surface area (Å²) in [4.78, 5) is 19.8. The number of hydrogen-bond acceptors (Lipinski definition) is 4. The first-order valence-corrected chi connectivity index (χ1v) is 8.40. The van der Waals surface area contributed by atoms with Gasteiger partial charge in [-0.1, -0.05) is 17.7 Å². The SMILES string of the molecule is CN1C(c2ncc(F)cc2F)=NC(c2ccc(F)c(F)c2)(C(F)F)C(C(=O)O)=C1Cl. The zero-order valence-corrected chi connectivity index (χ0v) is 15.6. The van der Waals surface area contributed by atoms with Crippen LogP contribution < -0.4 is 0 Å². The number of halogens is 7. The Bertz CT molecular complexity index is 1110. The third-order valence-corrected chi connectivity index (χ3v) is 4.83. The van der Waals surface area contributed by atoms with E-state index in [0.717, 1.165) is 11.9 Å². The van der Waals surface area contributed by atoms with Gasteiger partial charge in [-0.05, 0) is 17.7 Å². The Morgan fingerprint density at radius 3 is 2.33 bits per heavy atom. The molecule has 1 atom stereocenters. The lowest BCUT2D eigenvalue weighted by molar-refractivity contribution is -0.134. The molecule has 0 saturated carbocycles. The van der Waals surface area contributed by atoms with E-state index in [0.29, 0.717) is 30.5 Å². The van der Waals surface area contributed by atoms with Crippen LogP contribution in [0.5, 0.6) is 0 Å². The van der Waals surface area contributed by atoms with Crippen LogP contribution in [0.3, 0.4) is 0 Å². The quantitative estimate of drug-likeness (QED) is 0.565. The molecule has 158 valence electrons. The summed E-state index contributed by atoms with van der Waals surface area (Å²) in [6, 6.07) is 1.96. The molecule has 1 aliphatic heterocycles. The summed E-state index contributed by atoms with van der Waals surface area (Å²) < 4.78 is 83.4. The van der Waals surface area contributed by atoms with E-state index in [-0.39, 0.29) is 0 Å². The Morgan fingerprint density at radius 1 is 1.13 bits per heavy atom. The first kappa shape index (κ1) is 21.6. The van der Waals surface area contributed by atoms with E-state index in [4.69, 9.17) is 11.6 Å². The first-order chi connectivity index (χ1) is 14.0. The van der Waals surface area contributed by atoms with Gasteiger partial charge in [-0.2, -0.15) is 0 Å². The van der Waals surface area contributed by atoms with Crippen molar-refractivity contribution in [1.82, 2.24) is 9.88 Å². The fourth-order valence-electron chi connectivity index (χ4n) is 2.98. The number of aliphatic imine (C=N–C) groups is 1. The number of carboxylic acids is 1. The van der Waals surface area contributed by atoms with Crippen molar-refractivity contribution in [2.45, 2.75) is 12.0 Å². The lowest BCUT2D eigenvalue weighted by atomic mass is 9.82. The lowest BCUT2D eigenvalue weighted by Crippen LogP contribution is -2.47. The Hall–Kier alpha value is -3.08. The van der Waals surface area contributed by atoms with Crippen LogP contribution in [-0.4, -0.2) is 40.3 Å². The molecule has 1 unspecified atom stereocenters. The summed E-state index contributed by atoms with van der Waals surface area (Å²) in [7, 11) is 1.09. The van der Waals surface area contributed by atoms with E-state index in [1.54, 1.807) is 0 Å². The van der Waals surface area contributed by atoms with Crippen molar-refractivity contribution in [3.63, 3.8) is 0 Å². The maximum absolute atomic E-state index is 14.4. The van der Waals surface area contributed by atoms with Crippen LogP contribution in [0, 0.1) is 23.3 Å². The van der Waals surface area contributed by atoms with E-state index in [9.17, 15) is 36.2 Å². The second-order valence-electron chi connectivity index (χ2n) is 6.15. The van der Waals surface area contributed by atoms with Crippen molar-refractivity contribution in [3.8, 4) is 0 Å². The molecule has 30 heavy (non-hydrogen) atoms. The zero-order valence-electron chi connectivity index (χ0n) is 14.8. The predicted octanol–water partition coefficient (Wildman–Crippen LogP) is 4.03. The fraction of sp³-hybridized carbons (Fsp3) is 0.167. The second-order valence-corrected chi connectivity index (χ2v) is 6.50. The van der Waals surface area contributed by atoms with Gasteiger partial charge in [0, 0.05) is 13.1 Å². The molecule has 1 N–H and O–H groups in total. The number of aliphatic carboxylic acids is 1. The van der Waals surface area contributed by atoms with Crippen LogP contribution in [0.25, 0.3) is 0 Å². The van der Waals surface area contributed by atoms with Gasteiger partial charge in [0.05, 0.1) is 6.20 Å². The molecule has 0 aliphatic carbocycles. The topological polar surface area (TPSA) is 65.8 Å². The van der Waals surface area contributed by atoms with Crippen molar-refractivity contribution in [2.24, 2.45) is 4.99 Å². The summed E-state index contributed by atoms with van der Waals surface area (Å²) >= 11 is 6.02. The van der Waals surface area contributed by atoms with Crippen LogP contribution in [0.2, 0.25) is 0 Å². The Morgan fingerprint density at radius 2 is 1.80 bits per heavy atom. The number of amidine groups is 1. The molecule has 3 rings (SSSR count). The number of pyridine rings is 1. The molecule has 12 heteroatoms. The minimum absolute atomic E-state index is 0.343. The van der Waals surface area contributed by atoms with Crippen LogP contribution >= 0.6 is 11.6 Å². The molecule has 2 aromatic rings. The molecule has 0 saturated heterocycles. The molecular weight excluding hydrogens is 440 g/mol. The molecule has 1 aromatic carbocycles. The molecule has 0 amide bonds. The average Bonchev–Trinajstić information content (AvgIpc) is 2.66. The summed E-state index contributed by atoms with van der Waals surface area (Å²) in [5, 5.41) is 8.76. The smallest absolute Gasteiger partial charge is 0.337 e. The van der Waals surface area contributed by atoms with Crippen molar-refractivity contribution < 1.29 is 36.2 Å². The van der Waals surface area contributed by atoms with Crippen molar-refractivity contribution in [2.75, 3.05) is 7.05 Å². The molecular formula is C18H10ClF6N3O2. The molecule has 1 aliphatic rings. The van der Waals surface area contributed by atoms with Gasteiger partial charge in [0.1, 0.15) is 22.2 Å². The summed E-state index contributed by atoms with van der Waals surface area (Å²) in [6.45, 7) is 0. The van der Waals surface area contributed by atoms with Gasteiger partial charge in [0.15, 0.2) is 28.8 Å². The number of carboxylic acid groups (broad SMARTS) is 1. The summed E-state index contributed by atoms with van der Waals surface area (Å²) in [5.74, 6) is -7.88. The van der Waals surface area contributed by atoms with Crippen LogP contribution in [-0.2, 0) is 10.3 Å². The van der Waals surface area contributed by atoms with Gasteiger partial charge in [-0.3, -0.25) is 0 Å². The fourth-order valence-corrected chi connectivity index (χ4v) is 3.29. The van der Waals surface area contributed by atoms with E-state index < -0.39 is 69.0 Å². The highest BCUT2D eigenvalue weighted by atomic mass is 35.5. The number of hydrogen-bond donors (Lipinski definition) is 1. The summed E-state index contributed by atoms with van der Waals surface area (Å²) in [5.41, 5.74) is -5.75. The normalized spacial score (nSPS) is 19.4. The number of aromatic nitrogens is 1. The molecule has 0 fully saturated rings. The highest BCUT2D eigenvalue weighted by molar-refractivity contribution is 6.33. The minimum Gasteiger partial charge on any atom is -0.478 e. The molecule has 5 nitrogen and oxygen atoms in total. The number of benzene rings is 1. The molecule has 2 heterocycles. The van der Waals surface area contributed by atoms with Crippen molar-refractivity contribution in [1.29, 1.82) is 0 Å². The van der Waals surface area contributed by atoms with Gasteiger partial charge in [-0.25, -0.2) is 41.1 Å². The number of alkyl halides is 2. The number of nitrogens with zero attached hydrogens (tertiary/aromatic N) is 3. The zero-order chi connectivity index (χ0) is 22.4. The van der Waals surface area contributed by atoms with E-state index in [1.165, 1.54) is 0 Å². The number of carbonyl (C=O) groups is 1. The molecule has 0 bridgehead atoms. The Labute approximate surface area is 169 Å². The van der Waals surface area contributed by atoms with Crippen LogP contribution in [0.15, 0.2) is 46.2 Å². The van der Waals surface area contributed by atoms with E-state index in [2.05, 4.69) is 9.98 Å². The van der Waals surface area contributed by atoms with Gasteiger partial charge in [0.2, 0.25) is 0 Å². The summed E-state index contributed by atoms with van der Waals surface area (Å²) in [6.07, 6.45) is -3.06. The molecule has 0 radical (unpaired) electrons. The predicted molar refractivity (Wildman–Crippen MR) is 93.0 cm³/mol. The van der Waals surface area contributed by atoms with Crippen molar-refractivity contribution in [3.05, 3.63) is 75.7 Å². The third-order valence-electron chi connectivity index (χ3n) is 4.39. The lowest BCUT2D eigenvalue weighted by Gasteiger charge is -2.38. The third kappa shape index (κ3) is 3.28. The van der Waals surface area contributed by atoms with Gasteiger partial charge < -0.3 is 10.0 Å². The Balaban J connectivity index is 2.41. The number of rotatable bonds is 4. The largest absolute Gasteiger partial charge is 0.478 e. The Kier molecular flexibility index (Phi) is 5.50. The maximum Gasteiger partial charge on any atom is 0.337 e. The van der Waals surface area contributed by atoms with Gasteiger partial charge in [-0.15, -0.1) is 0 Å². The highest BCUT2D eigenvalue weighted by Crippen LogP contribution is 2.46. The van der Waals surface area contributed by atoms with Gasteiger partial charge >= 0.3 is 5.97 Å². The van der Waals surface area contributed by atoms with E-state index >= 15 is 0 Å². The highest BCUT2D eigenvalue weighted by Gasteiger charge is 2.54. The maximum atomic E-state index is 14.4. The minimum atomic E-state index is -3.64. The molecule has 1 aromatic heterocycles. The van der Waals surface area contributed by atoms with Crippen LogP contribution in [0.4, 0.5) is 26.3 Å². The first-order valence-electron chi connectivity index (χ1n) is 8.03. The standard InChI is InChI=1S/C18H10ClF6N3O2/c1-28-14(19)12(16(29)30)18(17(24)25,7-2-3-9(21)10(22)4-7)27-15(28)13-11(23)5-8(20)6-26-13/h2-6,17H,1H3,(H,29,30). The van der Waals surface area contributed by atoms with Crippen molar-refractivity contribution >= 4 is 23.4 Å². The van der Waals surface area contributed by atoms with E-state index in [1.807, 2.05) is 0 Å².